The van der Waals surface area contributed by atoms with Crippen LogP contribution >= 0.6 is 0 Å². The molecule has 2 aromatic carbocycles. The number of hydrogen-bond acceptors (Lipinski definition) is 2. The third-order valence-electron chi connectivity index (χ3n) is 3.75. The van der Waals surface area contributed by atoms with E-state index in [4.69, 9.17) is 4.84 Å². The minimum Gasteiger partial charge on any atom is -0.274 e. The van der Waals surface area contributed by atoms with Crippen molar-refractivity contribution in [2.24, 2.45) is 0 Å². The van der Waals surface area contributed by atoms with Gasteiger partial charge < -0.3 is 0 Å². The summed E-state index contributed by atoms with van der Waals surface area (Å²) in [5.41, 5.74) is -0.324. The molecule has 0 bridgehead atoms. The van der Waals surface area contributed by atoms with Gasteiger partial charge in [0.25, 0.3) is 5.91 Å². The van der Waals surface area contributed by atoms with E-state index in [1.165, 1.54) is 26.3 Å². The summed E-state index contributed by atoms with van der Waals surface area (Å²) in [4.78, 5) is 17.0. The fourth-order valence-corrected chi connectivity index (χ4v) is 2.33. The molecule has 2 rings (SSSR count). The van der Waals surface area contributed by atoms with Crippen LogP contribution in [-0.2, 0) is 17.7 Å². The minimum atomic E-state index is -2.20. The molecular formula is C17H14F5NO2. The quantitative estimate of drug-likeness (QED) is 0.352. The van der Waals surface area contributed by atoms with Gasteiger partial charge in [-0.1, -0.05) is 18.2 Å². The molecule has 0 aliphatic carbocycles. The summed E-state index contributed by atoms with van der Waals surface area (Å²) in [6.07, 6.45) is -0.565. The molecule has 0 heterocycles. The molecule has 25 heavy (non-hydrogen) atoms. The lowest BCUT2D eigenvalue weighted by Crippen LogP contribution is -2.26. The van der Waals surface area contributed by atoms with E-state index in [0.29, 0.717) is 5.56 Å². The van der Waals surface area contributed by atoms with Gasteiger partial charge in [-0.15, -0.1) is 0 Å². The van der Waals surface area contributed by atoms with Crippen LogP contribution in [0.3, 0.4) is 0 Å². The molecule has 0 atom stereocenters. The lowest BCUT2D eigenvalue weighted by atomic mass is 9.98. The van der Waals surface area contributed by atoms with Crippen LogP contribution in [0.5, 0.6) is 0 Å². The lowest BCUT2D eigenvalue weighted by molar-refractivity contribution is -0.0757. The van der Waals surface area contributed by atoms with Gasteiger partial charge in [-0.25, -0.2) is 27.0 Å². The maximum atomic E-state index is 13.7. The van der Waals surface area contributed by atoms with Crippen molar-refractivity contribution in [1.29, 1.82) is 0 Å². The number of hydroxylamine groups is 2. The second-order valence-corrected chi connectivity index (χ2v) is 5.19. The van der Waals surface area contributed by atoms with Crippen molar-refractivity contribution < 1.29 is 31.6 Å². The fourth-order valence-electron chi connectivity index (χ4n) is 2.33. The molecule has 3 nitrogen and oxygen atoms in total. The van der Waals surface area contributed by atoms with Crippen LogP contribution in [0, 0.1) is 29.1 Å². The Bertz CT molecular complexity index is 781. The summed E-state index contributed by atoms with van der Waals surface area (Å²) >= 11 is 0. The number of halogens is 5. The average molecular weight is 359 g/mol. The summed E-state index contributed by atoms with van der Waals surface area (Å²) in [5.74, 6) is -10.4. The maximum Gasteiger partial charge on any atom is 0.277 e. The number of amides is 1. The van der Waals surface area contributed by atoms with Crippen molar-refractivity contribution in [2.75, 3.05) is 14.2 Å². The van der Waals surface area contributed by atoms with E-state index in [1.807, 2.05) is 0 Å². The molecule has 0 N–H and O–H groups in total. The molecule has 0 saturated heterocycles. The van der Waals surface area contributed by atoms with Crippen molar-refractivity contribution in [3.8, 4) is 0 Å². The first kappa shape index (κ1) is 18.9. The highest BCUT2D eigenvalue weighted by molar-refractivity contribution is 5.94. The van der Waals surface area contributed by atoms with Gasteiger partial charge >= 0.3 is 0 Å². The third-order valence-corrected chi connectivity index (χ3v) is 3.75. The number of hydrogen-bond donors (Lipinski definition) is 0. The van der Waals surface area contributed by atoms with Gasteiger partial charge in [0.15, 0.2) is 23.3 Å². The van der Waals surface area contributed by atoms with Gasteiger partial charge in [0.1, 0.15) is 0 Å². The van der Waals surface area contributed by atoms with Crippen molar-refractivity contribution in [3.05, 3.63) is 70.0 Å². The van der Waals surface area contributed by atoms with Crippen molar-refractivity contribution in [1.82, 2.24) is 5.06 Å². The summed E-state index contributed by atoms with van der Waals surface area (Å²) in [5, 5.41) is 0.956. The average Bonchev–Trinajstić information content (AvgIpc) is 2.63. The van der Waals surface area contributed by atoms with E-state index in [2.05, 4.69) is 0 Å². The van der Waals surface area contributed by atoms with Gasteiger partial charge in [0.2, 0.25) is 5.82 Å². The van der Waals surface area contributed by atoms with E-state index in [0.717, 1.165) is 5.06 Å². The second kappa shape index (κ2) is 7.60. The van der Waals surface area contributed by atoms with E-state index < -0.39 is 47.0 Å². The minimum absolute atomic E-state index is 0.0994. The zero-order valence-electron chi connectivity index (χ0n) is 13.4. The smallest absolute Gasteiger partial charge is 0.274 e. The van der Waals surface area contributed by atoms with E-state index in [9.17, 15) is 26.7 Å². The lowest BCUT2D eigenvalue weighted by Gasteiger charge is -2.16. The summed E-state index contributed by atoms with van der Waals surface area (Å²) in [6.45, 7) is 0. The van der Waals surface area contributed by atoms with Crippen molar-refractivity contribution in [2.45, 2.75) is 12.8 Å². The Labute approximate surface area is 140 Å². The highest BCUT2D eigenvalue weighted by Crippen LogP contribution is 2.25. The van der Waals surface area contributed by atoms with E-state index >= 15 is 0 Å². The Balaban J connectivity index is 2.34. The van der Waals surface area contributed by atoms with Crippen LogP contribution in [-0.4, -0.2) is 25.1 Å². The SMILES string of the molecule is CON(C)C(=O)c1ccccc1CCc1c(F)c(F)c(F)c(F)c1F. The summed E-state index contributed by atoms with van der Waals surface area (Å²) in [7, 11) is 2.67. The van der Waals surface area contributed by atoms with Crippen LogP contribution < -0.4 is 0 Å². The Hall–Kier alpha value is -2.48. The Kier molecular flexibility index (Phi) is 5.73. The van der Waals surface area contributed by atoms with Gasteiger partial charge in [-0.3, -0.25) is 9.63 Å². The third kappa shape index (κ3) is 3.63. The standard InChI is InChI=1S/C17H14F5NO2/c1-23(25-2)17(24)10-6-4-3-5-9(10)7-8-11-12(18)14(20)16(22)15(21)13(11)19/h3-6H,7-8H2,1-2H3. The number of carbonyl (C=O) groups is 1. The zero-order valence-corrected chi connectivity index (χ0v) is 13.4. The normalized spacial score (nSPS) is 10.8. The summed E-state index contributed by atoms with van der Waals surface area (Å²) in [6, 6.07) is 6.19. The van der Waals surface area contributed by atoms with Crippen LogP contribution in [0.4, 0.5) is 22.0 Å². The topological polar surface area (TPSA) is 29.5 Å². The van der Waals surface area contributed by atoms with E-state index in [1.54, 1.807) is 12.1 Å². The molecule has 2 aromatic rings. The van der Waals surface area contributed by atoms with Crippen LogP contribution in [0.2, 0.25) is 0 Å². The van der Waals surface area contributed by atoms with Crippen LogP contribution in [0.1, 0.15) is 21.5 Å². The van der Waals surface area contributed by atoms with Gasteiger partial charge in [0, 0.05) is 18.2 Å². The Morgan fingerprint density at radius 3 is 2.00 bits per heavy atom. The van der Waals surface area contributed by atoms with Gasteiger partial charge in [-0.2, -0.15) is 0 Å². The number of aryl methyl sites for hydroxylation is 1. The molecule has 8 heteroatoms. The van der Waals surface area contributed by atoms with Gasteiger partial charge in [-0.05, 0) is 24.5 Å². The molecule has 0 aromatic heterocycles. The molecule has 0 aliphatic rings. The van der Waals surface area contributed by atoms with E-state index in [-0.39, 0.29) is 12.0 Å². The largest absolute Gasteiger partial charge is 0.277 e. The zero-order chi connectivity index (χ0) is 18.7. The number of nitrogens with zero attached hydrogens (tertiary/aromatic N) is 1. The molecule has 0 fully saturated rings. The Morgan fingerprint density at radius 2 is 1.44 bits per heavy atom. The number of carbonyl (C=O) groups excluding carboxylic acids is 1. The monoisotopic (exact) mass is 359 g/mol. The highest BCUT2D eigenvalue weighted by Gasteiger charge is 2.25. The second-order valence-electron chi connectivity index (χ2n) is 5.19. The molecular weight excluding hydrogens is 345 g/mol. The van der Waals surface area contributed by atoms with Crippen molar-refractivity contribution in [3.63, 3.8) is 0 Å². The number of benzene rings is 2. The first-order valence-electron chi connectivity index (χ1n) is 7.20. The van der Waals surface area contributed by atoms with Crippen molar-refractivity contribution >= 4 is 5.91 Å². The Morgan fingerprint density at radius 1 is 0.920 bits per heavy atom. The predicted octanol–water partition coefficient (Wildman–Crippen LogP) is 3.80. The molecule has 134 valence electrons. The molecule has 1 amide bonds. The summed E-state index contributed by atoms with van der Waals surface area (Å²) < 4.78 is 67.0. The number of rotatable bonds is 5. The maximum absolute atomic E-state index is 13.7. The first-order valence-corrected chi connectivity index (χ1v) is 7.20. The molecule has 0 aliphatic heterocycles. The molecule has 0 saturated carbocycles. The van der Waals surface area contributed by atoms with Crippen LogP contribution in [0.25, 0.3) is 0 Å². The highest BCUT2D eigenvalue weighted by atomic mass is 19.2. The van der Waals surface area contributed by atoms with Gasteiger partial charge in [0.05, 0.1) is 7.11 Å². The molecule has 0 radical (unpaired) electrons. The fraction of sp³-hybridized carbons (Fsp3) is 0.235. The molecule has 0 unspecified atom stereocenters. The predicted molar refractivity (Wildman–Crippen MR) is 79.2 cm³/mol. The molecule has 0 spiro atoms. The van der Waals surface area contributed by atoms with Crippen LogP contribution in [0.15, 0.2) is 24.3 Å². The first-order chi connectivity index (χ1) is 11.8.